The summed E-state index contributed by atoms with van der Waals surface area (Å²) in [6.07, 6.45) is 8.19. The van der Waals surface area contributed by atoms with E-state index in [0.717, 1.165) is 34.6 Å². The van der Waals surface area contributed by atoms with Gasteiger partial charge in [0.1, 0.15) is 5.75 Å². The quantitative estimate of drug-likeness (QED) is 0.781. The molecule has 0 spiro atoms. The highest BCUT2D eigenvalue weighted by Gasteiger charge is 2.53. The number of hydrogen-bond donors (Lipinski definition) is 1. The highest BCUT2D eigenvalue weighted by atomic mass is 35.5. The standard InChI is InChI=1S/C22H30ClNO2/c1-13-4-19(23)5-14(2)21(13)26-12-20(25)24-15(3)22-9-16-6-17(10-22)8-18(7-16)11-22/h4-5,15-18H,6-12H2,1-3H3,(H,24,25)/t15-,16?,17?,18?,22?/m0/s1. The molecule has 1 amide bonds. The average molecular weight is 376 g/mol. The Morgan fingerprint density at radius 2 is 1.65 bits per heavy atom. The van der Waals surface area contributed by atoms with Gasteiger partial charge in [0.2, 0.25) is 0 Å². The molecule has 1 aromatic carbocycles. The molecule has 4 saturated carbocycles. The molecule has 142 valence electrons. The Balaban J connectivity index is 1.37. The lowest BCUT2D eigenvalue weighted by Gasteiger charge is -2.59. The third-order valence-electron chi connectivity index (χ3n) is 7.15. The molecule has 4 heteroatoms. The number of rotatable bonds is 5. The van der Waals surface area contributed by atoms with Crippen LogP contribution in [0.3, 0.4) is 0 Å². The number of ether oxygens (including phenoxy) is 1. The van der Waals surface area contributed by atoms with Gasteiger partial charge in [-0.1, -0.05) is 11.6 Å². The van der Waals surface area contributed by atoms with Crippen molar-refractivity contribution in [1.29, 1.82) is 0 Å². The predicted molar refractivity (Wildman–Crippen MR) is 105 cm³/mol. The molecule has 0 unspecified atom stereocenters. The maximum atomic E-state index is 12.5. The second kappa shape index (κ2) is 6.74. The Morgan fingerprint density at radius 1 is 1.15 bits per heavy atom. The molecule has 0 aromatic heterocycles. The minimum absolute atomic E-state index is 0.0120. The Bertz CT molecular complexity index is 656. The summed E-state index contributed by atoms with van der Waals surface area (Å²) >= 11 is 6.07. The summed E-state index contributed by atoms with van der Waals surface area (Å²) in [5, 5.41) is 3.97. The van der Waals surface area contributed by atoms with Crippen molar-refractivity contribution < 1.29 is 9.53 Å². The van der Waals surface area contributed by atoms with Crippen molar-refractivity contribution in [2.24, 2.45) is 23.2 Å². The summed E-state index contributed by atoms with van der Waals surface area (Å²) in [7, 11) is 0. The van der Waals surface area contributed by atoms with E-state index < -0.39 is 0 Å². The normalized spacial score (nSPS) is 33.2. The first kappa shape index (κ1) is 18.2. The van der Waals surface area contributed by atoms with Gasteiger partial charge in [-0.3, -0.25) is 4.79 Å². The lowest BCUT2D eigenvalue weighted by molar-refractivity contribution is -0.127. The Morgan fingerprint density at radius 3 is 2.15 bits per heavy atom. The first-order valence-electron chi connectivity index (χ1n) is 10.0. The van der Waals surface area contributed by atoms with E-state index in [2.05, 4.69) is 12.2 Å². The van der Waals surface area contributed by atoms with Crippen LogP contribution in [0.2, 0.25) is 5.02 Å². The fourth-order valence-corrected chi connectivity index (χ4v) is 6.73. The molecular weight excluding hydrogens is 346 g/mol. The van der Waals surface area contributed by atoms with Crippen molar-refractivity contribution in [3.05, 3.63) is 28.3 Å². The highest BCUT2D eigenvalue weighted by molar-refractivity contribution is 6.30. The molecule has 4 bridgehead atoms. The smallest absolute Gasteiger partial charge is 0.258 e. The van der Waals surface area contributed by atoms with Crippen molar-refractivity contribution in [3.8, 4) is 5.75 Å². The molecular formula is C22H30ClNO2. The van der Waals surface area contributed by atoms with E-state index in [1.165, 1.54) is 38.5 Å². The number of hydrogen-bond acceptors (Lipinski definition) is 2. The number of carbonyl (C=O) groups excluding carboxylic acids is 1. The van der Waals surface area contributed by atoms with Gasteiger partial charge in [0, 0.05) is 11.1 Å². The first-order valence-corrected chi connectivity index (χ1v) is 10.4. The van der Waals surface area contributed by atoms with E-state index in [4.69, 9.17) is 16.3 Å². The van der Waals surface area contributed by atoms with Gasteiger partial charge >= 0.3 is 0 Å². The zero-order valence-electron chi connectivity index (χ0n) is 16.1. The van der Waals surface area contributed by atoms with Crippen molar-refractivity contribution in [1.82, 2.24) is 5.32 Å². The van der Waals surface area contributed by atoms with Crippen LogP contribution in [0.5, 0.6) is 5.75 Å². The monoisotopic (exact) mass is 375 g/mol. The summed E-state index contributed by atoms with van der Waals surface area (Å²) in [6, 6.07) is 3.99. The molecule has 4 aliphatic carbocycles. The van der Waals surface area contributed by atoms with Crippen LogP contribution >= 0.6 is 11.6 Å². The van der Waals surface area contributed by atoms with Crippen molar-refractivity contribution >= 4 is 17.5 Å². The molecule has 0 saturated heterocycles. The number of halogens is 1. The van der Waals surface area contributed by atoms with E-state index >= 15 is 0 Å². The van der Waals surface area contributed by atoms with Crippen LogP contribution in [0.25, 0.3) is 0 Å². The van der Waals surface area contributed by atoms with Crippen molar-refractivity contribution in [2.45, 2.75) is 65.3 Å². The lowest BCUT2D eigenvalue weighted by atomic mass is 9.48. The molecule has 4 aliphatic rings. The molecule has 0 aliphatic heterocycles. The third-order valence-corrected chi connectivity index (χ3v) is 7.37. The van der Waals surface area contributed by atoms with Gasteiger partial charge in [-0.25, -0.2) is 0 Å². The second-order valence-corrected chi connectivity index (χ2v) is 9.66. The van der Waals surface area contributed by atoms with Gasteiger partial charge < -0.3 is 10.1 Å². The molecule has 5 rings (SSSR count). The van der Waals surface area contributed by atoms with Gasteiger partial charge in [0.05, 0.1) is 0 Å². The molecule has 3 nitrogen and oxygen atoms in total. The van der Waals surface area contributed by atoms with Crippen LogP contribution < -0.4 is 10.1 Å². The largest absolute Gasteiger partial charge is 0.483 e. The van der Waals surface area contributed by atoms with E-state index in [9.17, 15) is 4.79 Å². The van der Waals surface area contributed by atoms with E-state index in [-0.39, 0.29) is 18.6 Å². The zero-order valence-corrected chi connectivity index (χ0v) is 16.9. The molecule has 26 heavy (non-hydrogen) atoms. The summed E-state index contributed by atoms with van der Waals surface area (Å²) in [4.78, 5) is 12.5. The minimum Gasteiger partial charge on any atom is -0.483 e. The maximum absolute atomic E-state index is 12.5. The summed E-state index contributed by atoms with van der Waals surface area (Å²) in [6.45, 7) is 6.21. The van der Waals surface area contributed by atoms with Gasteiger partial charge in [0.25, 0.3) is 5.91 Å². The number of aryl methyl sites for hydroxylation is 2. The summed E-state index contributed by atoms with van der Waals surface area (Å²) in [5.74, 6) is 3.46. The van der Waals surface area contributed by atoms with Crippen molar-refractivity contribution in [3.63, 3.8) is 0 Å². The summed E-state index contributed by atoms with van der Waals surface area (Å²) < 4.78 is 5.83. The van der Waals surface area contributed by atoms with Gasteiger partial charge in [-0.2, -0.15) is 0 Å². The predicted octanol–water partition coefficient (Wildman–Crippen LogP) is 5.06. The van der Waals surface area contributed by atoms with Crippen LogP contribution in [-0.2, 0) is 4.79 Å². The third kappa shape index (κ3) is 3.35. The van der Waals surface area contributed by atoms with Crippen LogP contribution in [0.1, 0.15) is 56.6 Å². The van der Waals surface area contributed by atoms with Gasteiger partial charge in [-0.15, -0.1) is 0 Å². The number of amides is 1. The van der Waals surface area contributed by atoms with E-state index in [1.54, 1.807) is 0 Å². The molecule has 0 heterocycles. The van der Waals surface area contributed by atoms with Gasteiger partial charge in [-0.05, 0) is 106 Å². The second-order valence-electron chi connectivity index (χ2n) is 9.23. The Labute approximate surface area is 161 Å². The molecule has 4 fully saturated rings. The lowest BCUT2D eigenvalue weighted by Crippen LogP contribution is -2.56. The number of benzene rings is 1. The van der Waals surface area contributed by atoms with Crippen LogP contribution in [-0.4, -0.2) is 18.6 Å². The maximum Gasteiger partial charge on any atom is 0.258 e. The molecule has 0 radical (unpaired) electrons. The molecule has 1 N–H and O–H groups in total. The SMILES string of the molecule is Cc1cc(Cl)cc(C)c1OCC(=O)N[C@@H](C)C12CC3CC(CC(C3)C1)C2. The Kier molecular flexibility index (Phi) is 4.71. The van der Waals surface area contributed by atoms with E-state index in [1.807, 2.05) is 26.0 Å². The minimum atomic E-state index is -0.0120. The molecule has 1 aromatic rings. The van der Waals surface area contributed by atoms with Crippen LogP contribution in [0.15, 0.2) is 12.1 Å². The summed E-state index contributed by atoms with van der Waals surface area (Å²) in [5.41, 5.74) is 2.27. The number of nitrogens with one attached hydrogen (secondary N) is 1. The average Bonchev–Trinajstić information content (AvgIpc) is 2.52. The van der Waals surface area contributed by atoms with Gasteiger partial charge in [0.15, 0.2) is 6.61 Å². The number of carbonyl (C=O) groups is 1. The highest BCUT2D eigenvalue weighted by Crippen LogP contribution is 2.61. The Hall–Kier alpha value is -1.22. The molecule has 1 atom stereocenters. The first-order chi connectivity index (χ1) is 12.3. The van der Waals surface area contributed by atoms with Crippen molar-refractivity contribution in [2.75, 3.05) is 6.61 Å². The topological polar surface area (TPSA) is 38.3 Å². The van der Waals surface area contributed by atoms with Crippen LogP contribution in [0, 0.1) is 37.0 Å². The van der Waals surface area contributed by atoms with Crippen LogP contribution in [0.4, 0.5) is 0 Å². The van der Waals surface area contributed by atoms with E-state index in [0.29, 0.717) is 10.4 Å². The fraction of sp³-hybridized carbons (Fsp3) is 0.682. The fourth-order valence-electron chi connectivity index (χ4n) is 6.41. The zero-order chi connectivity index (χ0) is 18.5.